The van der Waals surface area contributed by atoms with E-state index in [1.54, 1.807) is 11.9 Å². The molecule has 0 aromatic rings. The van der Waals surface area contributed by atoms with Gasteiger partial charge in [-0.2, -0.15) is 0 Å². The van der Waals surface area contributed by atoms with E-state index in [9.17, 15) is 4.79 Å². The number of nitrogens with zero attached hydrogens (tertiary/aromatic N) is 1. The third-order valence-corrected chi connectivity index (χ3v) is 2.82. The van der Waals surface area contributed by atoms with Crippen molar-refractivity contribution in [1.82, 2.24) is 10.2 Å². The molecule has 0 radical (unpaired) electrons. The van der Waals surface area contributed by atoms with E-state index in [1.807, 2.05) is 6.92 Å². The van der Waals surface area contributed by atoms with E-state index in [0.29, 0.717) is 52.6 Å². The van der Waals surface area contributed by atoms with Gasteiger partial charge < -0.3 is 29.5 Å². The maximum atomic E-state index is 11.5. The van der Waals surface area contributed by atoms with Crippen LogP contribution in [0.1, 0.15) is 13.3 Å². The van der Waals surface area contributed by atoms with Crippen molar-refractivity contribution in [3.8, 4) is 0 Å². The number of aliphatic hydroxyl groups excluding tert-OH is 1. The standard InChI is InChI=1S/C14H30N2O5/c1-3-16(2)14(18)4-5-15-6-8-19-10-12-21-13-11-20-9-7-17/h15,17H,3-13H2,1-2H3. The Labute approximate surface area is 127 Å². The lowest BCUT2D eigenvalue weighted by Crippen LogP contribution is -2.30. The van der Waals surface area contributed by atoms with E-state index in [1.165, 1.54) is 0 Å². The van der Waals surface area contributed by atoms with E-state index in [0.717, 1.165) is 13.1 Å². The van der Waals surface area contributed by atoms with Gasteiger partial charge in [0, 0.05) is 33.1 Å². The van der Waals surface area contributed by atoms with Gasteiger partial charge in [-0.3, -0.25) is 4.79 Å². The molecule has 0 spiro atoms. The molecule has 0 aliphatic carbocycles. The molecule has 21 heavy (non-hydrogen) atoms. The smallest absolute Gasteiger partial charge is 0.223 e. The average molecular weight is 306 g/mol. The number of hydrogen-bond donors (Lipinski definition) is 2. The minimum absolute atomic E-state index is 0.0381. The number of carbonyl (C=O) groups is 1. The molecule has 0 aromatic carbocycles. The van der Waals surface area contributed by atoms with Gasteiger partial charge in [-0.25, -0.2) is 0 Å². The van der Waals surface area contributed by atoms with Crippen LogP contribution in [0.2, 0.25) is 0 Å². The van der Waals surface area contributed by atoms with Crippen molar-refractivity contribution in [2.24, 2.45) is 0 Å². The second kappa shape index (κ2) is 15.7. The zero-order chi connectivity index (χ0) is 15.8. The summed E-state index contributed by atoms with van der Waals surface area (Å²) in [5.41, 5.74) is 0. The Morgan fingerprint density at radius 3 is 2.14 bits per heavy atom. The maximum Gasteiger partial charge on any atom is 0.223 e. The Hall–Kier alpha value is -0.730. The van der Waals surface area contributed by atoms with Gasteiger partial charge in [-0.1, -0.05) is 0 Å². The number of aliphatic hydroxyl groups is 1. The number of ether oxygens (including phenoxy) is 3. The fourth-order valence-corrected chi connectivity index (χ4v) is 1.44. The van der Waals surface area contributed by atoms with Crippen molar-refractivity contribution in [1.29, 1.82) is 0 Å². The Bertz CT molecular complexity index is 241. The average Bonchev–Trinajstić information content (AvgIpc) is 2.50. The Balaban J connectivity index is 3.11. The first-order valence-corrected chi connectivity index (χ1v) is 7.51. The van der Waals surface area contributed by atoms with Crippen molar-refractivity contribution in [2.45, 2.75) is 13.3 Å². The summed E-state index contributed by atoms with van der Waals surface area (Å²) in [6.07, 6.45) is 0.515. The molecular formula is C14H30N2O5. The molecule has 1 amide bonds. The number of amides is 1. The Morgan fingerprint density at radius 2 is 1.57 bits per heavy atom. The molecule has 0 fully saturated rings. The van der Waals surface area contributed by atoms with E-state index in [-0.39, 0.29) is 12.5 Å². The minimum Gasteiger partial charge on any atom is -0.394 e. The van der Waals surface area contributed by atoms with Gasteiger partial charge in [-0.15, -0.1) is 0 Å². The van der Waals surface area contributed by atoms with Crippen LogP contribution in [-0.4, -0.2) is 88.8 Å². The molecular weight excluding hydrogens is 276 g/mol. The normalized spacial score (nSPS) is 10.8. The van der Waals surface area contributed by atoms with Gasteiger partial charge in [-0.05, 0) is 6.92 Å². The van der Waals surface area contributed by atoms with Crippen molar-refractivity contribution >= 4 is 5.91 Å². The minimum atomic E-state index is 0.0381. The van der Waals surface area contributed by atoms with Crippen LogP contribution in [0, 0.1) is 0 Å². The molecule has 0 aliphatic rings. The predicted octanol–water partition coefficient (Wildman–Crippen LogP) is -0.513. The highest BCUT2D eigenvalue weighted by Crippen LogP contribution is 1.88. The highest BCUT2D eigenvalue weighted by molar-refractivity contribution is 5.75. The second-order valence-electron chi connectivity index (χ2n) is 4.47. The molecule has 0 atom stereocenters. The van der Waals surface area contributed by atoms with Crippen LogP contribution in [0.15, 0.2) is 0 Å². The van der Waals surface area contributed by atoms with E-state index in [2.05, 4.69) is 5.32 Å². The molecule has 0 heterocycles. The molecule has 0 unspecified atom stereocenters. The molecule has 0 saturated heterocycles. The summed E-state index contributed by atoms with van der Waals surface area (Å²) in [6, 6.07) is 0. The van der Waals surface area contributed by atoms with Crippen molar-refractivity contribution in [3.63, 3.8) is 0 Å². The molecule has 0 aliphatic heterocycles. The molecule has 7 heteroatoms. The lowest BCUT2D eigenvalue weighted by Gasteiger charge is -2.14. The van der Waals surface area contributed by atoms with Gasteiger partial charge >= 0.3 is 0 Å². The summed E-state index contributed by atoms with van der Waals surface area (Å²) in [4.78, 5) is 13.2. The van der Waals surface area contributed by atoms with Crippen LogP contribution in [0.4, 0.5) is 0 Å². The van der Waals surface area contributed by atoms with Crippen LogP contribution >= 0.6 is 0 Å². The van der Waals surface area contributed by atoms with Crippen LogP contribution in [0.5, 0.6) is 0 Å². The first-order chi connectivity index (χ1) is 10.2. The number of nitrogens with one attached hydrogen (secondary N) is 1. The summed E-state index contributed by atoms with van der Waals surface area (Å²) in [5.74, 6) is 0.155. The van der Waals surface area contributed by atoms with Crippen molar-refractivity contribution in [2.75, 3.05) is 72.9 Å². The fraction of sp³-hybridized carbons (Fsp3) is 0.929. The molecule has 0 rings (SSSR count). The Morgan fingerprint density at radius 1 is 1.00 bits per heavy atom. The SMILES string of the molecule is CCN(C)C(=O)CCNCCOCCOCCOCCO. The molecule has 2 N–H and O–H groups in total. The third kappa shape index (κ3) is 14.0. The van der Waals surface area contributed by atoms with E-state index >= 15 is 0 Å². The van der Waals surface area contributed by atoms with Crippen LogP contribution in [0.25, 0.3) is 0 Å². The van der Waals surface area contributed by atoms with E-state index < -0.39 is 0 Å². The van der Waals surface area contributed by atoms with Crippen molar-refractivity contribution < 1.29 is 24.1 Å². The van der Waals surface area contributed by atoms with Gasteiger partial charge in [0.1, 0.15) is 0 Å². The lowest BCUT2D eigenvalue weighted by atomic mass is 10.3. The highest BCUT2D eigenvalue weighted by atomic mass is 16.5. The first kappa shape index (κ1) is 20.3. The molecule has 7 nitrogen and oxygen atoms in total. The summed E-state index contributed by atoms with van der Waals surface area (Å²) in [7, 11) is 1.81. The number of rotatable bonds is 15. The fourth-order valence-electron chi connectivity index (χ4n) is 1.44. The summed E-state index contributed by atoms with van der Waals surface area (Å²) < 4.78 is 15.7. The monoisotopic (exact) mass is 306 g/mol. The maximum absolute atomic E-state index is 11.5. The highest BCUT2D eigenvalue weighted by Gasteiger charge is 2.04. The van der Waals surface area contributed by atoms with Gasteiger partial charge in [0.25, 0.3) is 0 Å². The van der Waals surface area contributed by atoms with Gasteiger partial charge in [0.05, 0.1) is 46.2 Å². The topological polar surface area (TPSA) is 80.3 Å². The molecule has 0 bridgehead atoms. The van der Waals surface area contributed by atoms with Gasteiger partial charge in [0.2, 0.25) is 5.91 Å². The number of carbonyl (C=O) groups excluding carboxylic acids is 1. The summed E-state index contributed by atoms with van der Waals surface area (Å²) >= 11 is 0. The van der Waals surface area contributed by atoms with Crippen LogP contribution < -0.4 is 5.32 Å². The third-order valence-electron chi connectivity index (χ3n) is 2.82. The molecule has 0 aromatic heterocycles. The summed E-state index contributed by atoms with van der Waals surface area (Å²) in [5, 5.41) is 11.6. The zero-order valence-corrected chi connectivity index (χ0v) is 13.3. The van der Waals surface area contributed by atoms with Gasteiger partial charge in [0.15, 0.2) is 0 Å². The summed E-state index contributed by atoms with van der Waals surface area (Å²) in [6.45, 7) is 7.15. The second-order valence-corrected chi connectivity index (χ2v) is 4.47. The predicted molar refractivity (Wildman–Crippen MR) is 80.3 cm³/mol. The van der Waals surface area contributed by atoms with E-state index in [4.69, 9.17) is 19.3 Å². The molecule has 126 valence electrons. The first-order valence-electron chi connectivity index (χ1n) is 7.51. The zero-order valence-electron chi connectivity index (χ0n) is 13.3. The quantitative estimate of drug-likeness (QED) is 0.397. The van der Waals surface area contributed by atoms with Crippen LogP contribution in [-0.2, 0) is 19.0 Å². The lowest BCUT2D eigenvalue weighted by molar-refractivity contribution is -0.129. The number of hydrogen-bond acceptors (Lipinski definition) is 6. The van der Waals surface area contributed by atoms with Crippen LogP contribution in [0.3, 0.4) is 0 Å². The molecule has 0 saturated carbocycles. The Kier molecular flexibility index (Phi) is 15.1. The largest absolute Gasteiger partial charge is 0.394 e. The van der Waals surface area contributed by atoms with Crippen molar-refractivity contribution in [3.05, 3.63) is 0 Å².